The molecule has 0 spiro atoms. The molecule has 0 aromatic carbocycles. The summed E-state index contributed by atoms with van der Waals surface area (Å²) >= 11 is 0. The average Bonchev–Trinajstić information content (AvgIpc) is 2.78. The summed E-state index contributed by atoms with van der Waals surface area (Å²) in [6, 6.07) is 0. The maximum absolute atomic E-state index is 11.7. The number of nitrogens with zero attached hydrogens (tertiary/aromatic N) is 2. The van der Waals surface area contributed by atoms with Crippen LogP contribution in [0.2, 0.25) is 0 Å². The number of methoxy groups -OCH3 is 1. The third kappa shape index (κ3) is 2.82. The SMILES string of the molecule is CCOC(=O)C(C)(C)c1nc(C(C)OC)no1. The first-order chi connectivity index (χ1) is 7.93. The van der Waals surface area contributed by atoms with E-state index in [1.165, 1.54) is 0 Å². The first kappa shape index (κ1) is 13.6. The Morgan fingerprint density at radius 3 is 2.71 bits per heavy atom. The van der Waals surface area contributed by atoms with Crippen LogP contribution >= 0.6 is 0 Å². The van der Waals surface area contributed by atoms with Crippen molar-refractivity contribution in [3.05, 3.63) is 11.7 Å². The fourth-order valence-electron chi connectivity index (χ4n) is 1.16. The quantitative estimate of drug-likeness (QED) is 0.730. The average molecular weight is 242 g/mol. The molecule has 0 bridgehead atoms. The summed E-state index contributed by atoms with van der Waals surface area (Å²) < 4.78 is 15.1. The van der Waals surface area contributed by atoms with E-state index in [4.69, 9.17) is 14.0 Å². The van der Waals surface area contributed by atoms with Gasteiger partial charge in [-0.15, -0.1) is 0 Å². The molecular formula is C11H18N2O4. The second kappa shape index (κ2) is 5.27. The lowest BCUT2D eigenvalue weighted by Crippen LogP contribution is -2.31. The molecule has 1 aromatic rings. The van der Waals surface area contributed by atoms with Crippen molar-refractivity contribution >= 4 is 5.97 Å². The van der Waals surface area contributed by atoms with Gasteiger partial charge in [0, 0.05) is 7.11 Å². The Bertz CT molecular complexity index is 387. The number of carbonyl (C=O) groups is 1. The van der Waals surface area contributed by atoms with Crippen LogP contribution in [0, 0.1) is 0 Å². The molecular weight excluding hydrogens is 224 g/mol. The lowest BCUT2D eigenvalue weighted by Gasteiger charge is -2.17. The molecule has 0 amide bonds. The summed E-state index contributed by atoms with van der Waals surface area (Å²) in [7, 11) is 1.55. The summed E-state index contributed by atoms with van der Waals surface area (Å²) in [5.74, 6) is 0.259. The Labute approximate surface area is 100 Å². The Balaban J connectivity index is 2.92. The van der Waals surface area contributed by atoms with Crippen LogP contribution in [0.5, 0.6) is 0 Å². The molecule has 0 aliphatic heterocycles. The Morgan fingerprint density at radius 1 is 1.53 bits per heavy atom. The van der Waals surface area contributed by atoms with Gasteiger partial charge >= 0.3 is 5.97 Å². The molecule has 0 saturated carbocycles. The van der Waals surface area contributed by atoms with Crippen LogP contribution in [-0.4, -0.2) is 29.8 Å². The van der Waals surface area contributed by atoms with Gasteiger partial charge in [-0.1, -0.05) is 5.16 Å². The minimum absolute atomic E-state index is 0.231. The van der Waals surface area contributed by atoms with Crippen LogP contribution in [0.15, 0.2) is 4.52 Å². The van der Waals surface area contributed by atoms with Crippen molar-refractivity contribution in [1.29, 1.82) is 0 Å². The second-order valence-corrected chi connectivity index (χ2v) is 4.18. The van der Waals surface area contributed by atoms with Crippen molar-refractivity contribution in [3.8, 4) is 0 Å². The molecule has 0 radical (unpaired) electrons. The van der Waals surface area contributed by atoms with Gasteiger partial charge in [-0.05, 0) is 27.7 Å². The zero-order valence-corrected chi connectivity index (χ0v) is 10.8. The molecule has 0 saturated heterocycles. The Hall–Kier alpha value is -1.43. The highest BCUT2D eigenvalue weighted by atomic mass is 16.5. The third-order valence-electron chi connectivity index (χ3n) is 2.48. The lowest BCUT2D eigenvalue weighted by molar-refractivity contribution is -0.149. The Kier molecular flexibility index (Phi) is 4.22. The van der Waals surface area contributed by atoms with Gasteiger partial charge in [0.15, 0.2) is 5.82 Å². The van der Waals surface area contributed by atoms with Crippen LogP contribution in [0.25, 0.3) is 0 Å². The monoisotopic (exact) mass is 242 g/mol. The number of rotatable bonds is 5. The van der Waals surface area contributed by atoms with Gasteiger partial charge in [0.05, 0.1) is 6.61 Å². The number of carbonyl (C=O) groups excluding carboxylic acids is 1. The van der Waals surface area contributed by atoms with Gasteiger partial charge in [-0.25, -0.2) is 0 Å². The van der Waals surface area contributed by atoms with E-state index in [-0.39, 0.29) is 18.0 Å². The zero-order valence-electron chi connectivity index (χ0n) is 10.8. The summed E-state index contributed by atoms with van der Waals surface area (Å²) in [5, 5.41) is 3.78. The standard InChI is InChI=1S/C11H18N2O4/c1-6-16-10(14)11(3,4)9-12-8(13-17-9)7(2)15-5/h7H,6H2,1-5H3. The molecule has 0 aliphatic carbocycles. The molecule has 0 fully saturated rings. The predicted molar refractivity (Wildman–Crippen MR) is 59.4 cm³/mol. The van der Waals surface area contributed by atoms with E-state index < -0.39 is 5.41 Å². The van der Waals surface area contributed by atoms with Gasteiger partial charge in [0.25, 0.3) is 0 Å². The number of ether oxygens (including phenoxy) is 2. The minimum Gasteiger partial charge on any atom is -0.465 e. The topological polar surface area (TPSA) is 74.5 Å². The molecule has 17 heavy (non-hydrogen) atoms. The van der Waals surface area contributed by atoms with E-state index in [1.54, 1.807) is 34.8 Å². The van der Waals surface area contributed by atoms with E-state index in [9.17, 15) is 4.79 Å². The van der Waals surface area contributed by atoms with Crippen molar-refractivity contribution in [2.24, 2.45) is 0 Å². The zero-order chi connectivity index (χ0) is 13.1. The Morgan fingerprint density at radius 2 is 2.18 bits per heavy atom. The lowest BCUT2D eigenvalue weighted by atomic mass is 9.94. The number of hydrogen-bond acceptors (Lipinski definition) is 6. The van der Waals surface area contributed by atoms with Gasteiger partial charge in [0.1, 0.15) is 11.5 Å². The fourth-order valence-corrected chi connectivity index (χ4v) is 1.16. The molecule has 0 N–H and O–H groups in total. The largest absolute Gasteiger partial charge is 0.465 e. The predicted octanol–water partition coefficient (Wildman–Crippen LogP) is 1.62. The van der Waals surface area contributed by atoms with Crippen LogP contribution in [-0.2, 0) is 19.7 Å². The van der Waals surface area contributed by atoms with Crippen molar-refractivity contribution in [1.82, 2.24) is 10.1 Å². The molecule has 96 valence electrons. The summed E-state index contributed by atoms with van der Waals surface area (Å²) in [4.78, 5) is 15.9. The fraction of sp³-hybridized carbons (Fsp3) is 0.727. The van der Waals surface area contributed by atoms with Crippen LogP contribution < -0.4 is 0 Å². The molecule has 1 heterocycles. The normalized spacial score (nSPS) is 13.5. The maximum Gasteiger partial charge on any atom is 0.321 e. The van der Waals surface area contributed by atoms with Crippen molar-refractivity contribution in [2.75, 3.05) is 13.7 Å². The van der Waals surface area contributed by atoms with Crippen molar-refractivity contribution in [3.63, 3.8) is 0 Å². The van der Waals surface area contributed by atoms with E-state index in [2.05, 4.69) is 10.1 Å². The number of esters is 1. The molecule has 1 aromatic heterocycles. The molecule has 1 unspecified atom stereocenters. The van der Waals surface area contributed by atoms with Crippen molar-refractivity contribution < 1.29 is 18.8 Å². The van der Waals surface area contributed by atoms with E-state index in [0.717, 1.165) is 0 Å². The molecule has 6 nitrogen and oxygen atoms in total. The maximum atomic E-state index is 11.7. The highest BCUT2D eigenvalue weighted by molar-refractivity contribution is 5.80. The van der Waals surface area contributed by atoms with E-state index >= 15 is 0 Å². The van der Waals surface area contributed by atoms with E-state index in [0.29, 0.717) is 12.4 Å². The summed E-state index contributed by atoms with van der Waals surface area (Å²) in [5.41, 5.74) is -0.950. The summed E-state index contributed by atoms with van der Waals surface area (Å²) in [6.45, 7) is 7.23. The highest BCUT2D eigenvalue weighted by Gasteiger charge is 2.37. The van der Waals surface area contributed by atoms with Gasteiger partial charge in [0.2, 0.25) is 5.89 Å². The van der Waals surface area contributed by atoms with Crippen molar-refractivity contribution in [2.45, 2.75) is 39.2 Å². The smallest absolute Gasteiger partial charge is 0.321 e. The number of hydrogen-bond donors (Lipinski definition) is 0. The third-order valence-corrected chi connectivity index (χ3v) is 2.48. The van der Waals surface area contributed by atoms with Crippen LogP contribution in [0.1, 0.15) is 45.5 Å². The minimum atomic E-state index is -0.950. The molecule has 0 aliphatic rings. The highest BCUT2D eigenvalue weighted by Crippen LogP contribution is 2.24. The first-order valence-corrected chi connectivity index (χ1v) is 5.47. The van der Waals surface area contributed by atoms with E-state index in [1.807, 2.05) is 0 Å². The van der Waals surface area contributed by atoms with Gasteiger partial charge < -0.3 is 14.0 Å². The van der Waals surface area contributed by atoms with Gasteiger partial charge in [-0.3, -0.25) is 4.79 Å². The second-order valence-electron chi connectivity index (χ2n) is 4.18. The molecule has 1 atom stereocenters. The van der Waals surface area contributed by atoms with Crippen LogP contribution in [0.4, 0.5) is 0 Å². The number of aromatic nitrogens is 2. The molecule has 1 rings (SSSR count). The summed E-state index contributed by atoms with van der Waals surface area (Å²) in [6.07, 6.45) is -0.273. The van der Waals surface area contributed by atoms with Gasteiger partial charge in [-0.2, -0.15) is 4.98 Å². The molecule has 6 heteroatoms. The first-order valence-electron chi connectivity index (χ1n) is 5.47. The van der Waals surface area contributed by atoms with Crippen LogP contribution in [0.3, 0.4) is 0 Å².